The Morgan fingerprint density at radius 2 is 1.75 bits per heavy atom. The van der Waals surface area contributed by atoms with E-state index in [4.69, 9.17) is 0 Å². The number of nitrogens with zero attached hydrogens (tertiary/aromatic N) is 4. The van der Waals surface area contributed by atoms with E-state index in [-0.39, 0.29) is 11.0 Å². The maximum atomic E-state index is 14.6. The first kappa shape index (κ1) is 23.5. The van der Waals surface area contributed by atoms with Crippen LogP contribution in [0, 0.1) is 6.92 Å². The molecule has 0 atom stereocenters. The summed E-state index contributed by atoms with van der Waals surface area (Å²) in [7, 11) is 0. The first-order chi connectivity index (χ1) is 17.6. The van der Waals surface area contributed by atoms with E-state index in [1.54, 1.807) is 11.8 Å². The molecule has 0 N–H and O–H groups in total. The molecule has 1 fully saturated rings. The highest BCUT2D eigenvalue weighted by Crippen LogP contribution is 2.49. The number of hydrogen-bond acceptors (Lipinski definition) is 4. The fourth-order valence-corrected chi connectivity index (χ4v) is 7.34. The number of aryl methyl sites for hydroxylation is 1. The van der Waals surface area contributed by atoms with Crippen LogP contribution in [-0.2, 0) is 11.8 Å². The molecule has 0 radical (unpaired) electrons. The van der Waals surface area contributed by atoms with Crippen LogP contribution in [0.2, 0.25) is 0 Å². The predicted octanol–water partition coefficient (Wildman–Crippen LogP) is 6.90. The Balaban J connectivity index is 1.70. The minimum Gasteiger partial charge on any atom is -0.268 e. The second kappa shape index (κ2) is 9.55. The van der Waals surface area contributed by atoms with Gasteiger partial charge in [-0.05, 0) is 49.8 Å². The first-order valence-corrected chi connectivity index (χ1v) is 14.4. The van der Waals surface area contributed by atoms with E-state index in [1.165, 1.54) is 37.7 Å². The minimum absolute atomic E-state index is 0.0816. The Bertz CT molecular complexity index is 1480. The number of aromatic nitrogens is 4. The zero-order valence-corrected chi connectivity index (χ0v) is 22.1. The zero-order valence-electron chi connectivity index (χ0n) is 21.3. The van der Waals surface area contributed by atoms with Gasteiger partial charge in [0, 0.05) is 22.3 Å². The number of rotatable bonds is 6. The first-order valence-electron chi connectivity index (χ1n) is 13.5. The highest BCUT2D eigenvalue weighted by Gasteiger charge is 2.44. The van der Waals surface area contributed by atoms with Crippen molar-refractivity contribution < 1.29 is 0 Å². The van der Waals surface area contributed by atoms with E-state index in [2.05, 4.69) is 58.8 Å². The van der Waals surface area contributed by atoms with E-state index in [0.717, 1.165) is 64.7 Å². The molecule has 4 aromatic rings. The average Bonchev–Trinajstić information content (AvgIpc) is 3.31. The van der Waals surface area contributed by atoms with E-state index in [0.29, 0.717) is 5.78 Å². The molecule has 2 aliphatic rings. The van der Waals surface area contributed by atoms with Gasteiger partial charge in [-0.2, -0.15) is 0 Å². The zero-order chi connectivity index (χ0) is 24.7. The molecule has 0 amide bonds. The number of fused-ring (bicyclic) bond motifs is 6. The van der Waals surface area contributed by atoms with Gasteiger partial charge in [-0.1, -0.05) is 93.3 Å². The number of thioether (sulfide) groups is 1. The van der Waals surface area contributed by atoms with Crippen molar-refractivity contribution in [2.24, 2.45) is 0 Å². The van der Waals surface area contributed by atoms with Crippen LogP contribution in [0.3, 0.4) is 0 Å². The molecule has 1 spiro atoms. The smallest absolute Gasteiger partial charge is 0.263 e. The SMILES string of the molecule is CCCCCSc1nnc2n(-c3ccccc3C)c(=O)c3c(n12)-c1ccccc1CC31CCCCC1. The molecule has 2 aromatic carbocycles. The normalized spacial score (nSPS) is 16.3. The molecule has 5 nitrogen and oxygen atoms in total. The van der Waals surface area contributed by atoms with E-state index in [9.17, 15) is 4.79 Å². The Labute approximate surface area is 217 Å². The Hall–Kier alpha value is -2.86. The molecule has 186 valence electrons. The lowest BCUT2D eigenvalue weighted by molar-refractivity contribution is 0.284. The summed E-state index contributed by atoms with van der Waals surface area (Å²) < 4.78 is 4.07. The summed E-state index contributed by atoms with van der Waals surface area (Å²) in [6.45, 7) is 4.30. The molecule has 0 aliphatic heterocycles. The van der Waals surface area contributed by atoms with Crippen molar-refractivity contribution >= 4 is 17.5 Å². The van der Waals surface area contributed by atoms with Gasteiger partial charge in [0.1, 0.15) is 0 Å². The quantitative estimate of drug-likeness (QED) is 0.214. The number of para-hydroxylation sites is 1. The maximum absolute atomic E-state index is 14.6. The molecule has 6 rings (SSSR count). The van der Waals surface area contributed by atoms with Gasteiger partial charge >= 0.3 is 0 Å². The molecule has 0 bridgehead atoms. The van der Waals surface area contributed by atoms with Crippen molar-refractivity contribution in [1.82, 2.24) is 19.2 Å². The maximum Gasteiger partial charge on any atom is 0.263 e. The monoisotopic (exact) mass is 498 g/mol. The standard InChI is InChI=1S/C30H34N4OS/c1-3-4-12-19-36-29-32-31-28-33(24-16-9-6-13-21(24)2)27(35)25-26(34(28)29)23-15-8-7-14-22(23)20-30(25)17-10-5-11-18-30/h6-9,13-16H,3-5,10-12,17-20H2,1-2H3. The molecule has 2 aliphatic carbocycles. The molecule has 36 heavy (non-hydrogen) atoms. The summed E-state index contributed by atoms with van der Waals surface area (Å²) in [5, 5.41) is 10.2. The average molecular weight is 499 g/mol. The second-order valence-corrected chi connectivity index (χ2v) is 11.6. The van der Waals surface area contributed by atoms with Crippen LogP contribution in [0.5, 0.6) is 0 Å². The molecule has 6 heteroatoms. The fraction of sp³-hybridized carbons (Fsp3) is 0.433. The lowest BCUT2D eigenvalue weighted by Gasteiger charge is -2.42. The van der Waals surface area contributed by atoms with Crippen LogP contribution in [0.25, 0.3) is 22.7 Å². The van der Waals surface area contributed by atoms with Crippen LogP contribution in [0.15, 0.2) is 58.5 Å². The molecular formula is C30H34N4OS. The van der Waals surface area contributed by atoms with Crippen LogP contribution in [0.4, 0.5) is 0 Å². The summed E-state index contributed by atoms with van der Waals surface area (Å²) in [5.41, 5.74) is 6.43. The number of hydrogen-bond donors (Lipinski definition) is 0. The highest BCUT2D eigenvalue weighted by atomic mass is 32.2. The molecule has 2 aromatic heterocycles. The van der Waals surface area contributed by atoms with Gasteiger partial charge in [-0.3, -0.25) is 9.20 Å². The topological polar surface area (TPSA) is 52.2 Å². The highest BCUT2D eigenvalue weighted by molar-refractivity contribution is 7.99. The fourth-order valence-electron chi connectivity index (χ4n) is 6.41. The van der Waals surface area contributed by atoms with Gasteiger partial charge in [-0.15, -0.1) is 10.2 Å². The molecule has 0 saturated heterocycles. The van der Waals surface area contributed by atoms with Gasteiger partial charge in [0.25, 0.3) is 5.56 Å². The van der Waals surface area contributed by atoms with Crippen molar-refractivity contribution in [1.29, 1.82) is 0 Å². The van der Waals surface area contributed by atoms with Gasteiger partial charge in [0.2, 0.25) is 5.78 Å². The third-order valence-corrected chi connectivity index (χ3v) is 9.19. The van der Waals surface area contributed by atoms with E-state index < -0.39 is 0 Å². The van der Waals surface area contributed by atoms with Crippen molar-refractivity contribution in [2.45, 2.75) is 82.2 Å². The van der Waals surface area contributed by atoms with E-state index >= 15 is 0 Å². The molecular weight excluding hydrogens is 464 g/mol. The Kier molecular flexibility index (Phi) is 6.24. The largest absolute Gasteiger partial charge is 0.268 e. The summed E-state index contributed by atoms with van der Waals surface area (Å²) in [4.78, 5) is 14.6. The summed E-state index contributed by atoms with van der Waals surface area (Å²) >= 11 is 1.77. The van der Waals surface area contributed by atoms with E-state index in [1.807, 2.05) is 22.8 Å². The summed E-state index contributed by atoms with van der Waals surface area (Å²) in [5.74, 6) is 1.62. The molecule has 2 heterocycles. The Morgan fingerprint density at radius 1 is 0.972 bits per heavy atom. The van der Waals surface area contributed by atoms with Crippen LogP contribution in [0.1, 0.15) is 75.0 Å². The lowest BCUT2D eigenvalue weighted by Crippen LogP contribution is -2.43. The minimum atomic E-state index is -0.133. The summed E-state index contributed by atoms with van der Waals surface area (Å²) in [6.07, 6.45) is 10.2. The predicted molar refractivity (Wildman–Crippen MR) is 147 cm³/mol. The van der Waals surface area contributed by atoms with Crippen LogP contribution in [-0.4, -0.2) is 24.9 Å². The van der Waals surface area contributed by atoms with Crippen LogP contribution < -0.4 is 5.56 Å². The van der Waals surface area contributed by atoms with Gasteiger partial charge in [-0.25, -0.2) is 4.57 Å². The van der Waals surface area contributed by atoms with Crippen molar-refractivity contribution in [3.05, 3.63) is 75.6 Å². The van der Waals surface area contributed by atoms with Crippen molar-refractivity contribution in [3.63, 3.8) is 0 Å². The number of benzene rings is 2. The van der Waals surface area contributed by atoms with Gasteiger partial charge < -0.3 is 0 Å². The Morgan fingerprint density at radius 3 is 2.56 bits per heavy atom. The third-order valence-electron chi connectivity index (χ3n) is 8.17. The molecule has 1 saturated carbocycles. The van der Waals surface area contributed by atoms with Crippen LogP contribution >= 0.6 is 11.8 Å². The second-order valence-electron chi connectivity index (χ2n) is 10.5. The third kappa shape index (κ3) is 3.73. The van der Waals surface area contributed by atoms with Gasteiger partial charge in [0.15, 0.2) is 5.16 Å². The van der Waals surface area contributed by atoms with Crippen molar-refractivity contribution in [2.75, 3.05) is 5.75 Å². The van der Waals surface area contributed by atoms with Gasteiger partial charge in [0.05, 0.1) is 11.4 Å². The molecule has 0 unspecified atom stereocenters. The summed E-state index contributed by atoms with van der Waals surface area (Å²) in [6, 6.07) is 16.8. The number of unbranched alkanes of at least 4 members (excludes halogenated alkanes) is 2. The van der Waals surface area contributed by atoms with Crippen molar-refractivity contribution in [3.8, 4) is 16.9 Å². The lowest BCUT2D eigenvalue weighted by atomic mass is 9.62.